The zero-order valence-corrected chi connectivity index (χ0v) is 17.5. The lowest BCUT2D eigenvalue weighted by molar-refractivity contribution is -0.124. The lowest BCUT2D eigenvalue weighted by atomic mass is 10.1. The van der Waals surface area contributed by atoms with Gasteiger partial charge in [0.25, 0.3) is 15.9 Å². The van der Waals surface area contributed by atoms with E-state index >= 15 is 0 Å². The lowest BCUT2D eigenvalue weighted by Gasteiger charge is -2.20. The minimum absolute atomic E-state index is 0.104. The molecule has 0 fully saturated rings. The van der Waals surface area contributed by atoms with E-state index in [4.69, 9.17) is 9.47 Å². The molecule has 0 radical (unpaired) electrons. The van der Waals surface area contributed by atoms with Crippen molar-refractivity contribution in [1.29, 1.82) is 0 Å². The monoisotopic (exact) mass is 406 g/mol. The number of aryl methyl sites for hydroxylation is 1. The second-order valence-corrected chi connectivity index (χ2v) is 9.03. The molecule has 2 rings (SSSR count). The van der Waals surface area contributed by atoms with Gasteiger partial charge in [0.1, 0.15) is 11.5 Å². The van der Waals surface area contributed by atoms with E-state index in [2.05, 4.69) is 10.0 Å². The summed E-state index contributed by atoms with van der Waals surface area (Å²) in [5.74, 6) is 0.841. The van der Waals surface area contributed by atoms with Crippen molar-refractivity contribution < 1.29 is 22.7 Å². The predicted octanol–water partition coefficient (Wildman–Crippen LogP) is 3.10. The van der Waals surface area contributed by atoms with Crippen molar-refractivity contribution in [1.82, 2.24) is 5.32 Å². The van der Waals surface area contributed by atoms with Crippen LogP contribution in [0, 0.1) is 6.92 Å². The molecule has 7 nitrogen and oxygen atoms in total. The highest BCUT2D eigenvalue weighted by Crippen LogP contribution is 2.24. The quantitative estimate of drug-likeness (QED) is 0.737. The van der Waals surface area contributed by atoms with E-state index in [1.807, 2.05) is 20.8 Å². The molecule has 0 aliphatic rings. The molecule has 2 aromatic rings. The third kappa shape index (κ3) is 6.16. The third-order valence-electron chi connectivity index (χ3n) is 3.67. The van der Waals surface area contributed by atoms with Crippen LogP contribution in [0.15, 0.2) is 47.4 Å². The number of sulfonamides is 1. The first-order chi connectivity index (χ1) is 13.0. The second kappa shape index (κ2) is 8.52. The van der Waals surface area contributed by atoms with Crippen LogP contribution >= 0.6 is 0 Å². The van der Waals surface area contributed by atoms with Crippen molar-refractivity contribution in [2.45, 2.75) is 38.1 Å². The molecule has 0 heterocycles. The van der Waals surface area contributed by atoms with E-state index in [1.54, 1.807) is 44.4 Å². The summed E-state index contributed by atoms with van der Waals surface area (Å²) < 4.78 is 38.3. The summed E-state index contributed by atoms with van der Waals surface area (Å²) in [6, 6.07) is 11.1. The Labute approximate surface area is 166 Å². The molecule has 0 spiro atoms. The average molecular weight is 407 g/mol. The maximum Gasteiger partial charge on any atom is 0.261 e. The van der Waals surface area contributed by atoms with E-state index in [1.165, 1.54) is 12.1 Å². The molecule has 1 amide bonds. The van der Waals surface area contributed by atoms with Gasteiger partial charge in [-0.1, -0.05) is 0 Å². The van der Waals surface area contributed by atoms with Crippen LogP contribution in [0.1, 0.15) is 26.3 Å². The third-order valence-corrected chi connectivity index (χ3v) is 5.05. The Hall–Kier alpha value is -2.74. The molecule has 2 N–H and O–H groups in total. The van der Waals surface area contributed by atoms with Gasteiger partial charge in [-0.15, -0.1) is 0 Å². The molecule has 2 aromatic carbocycles. The number of anilines is 1. The van der Waals surface area contributed by atoms with Gasteiger partial charge in [0.05, 0.1) is 12.0 Å². The van der Waals surface area contributed by atoms with Gasteiger partial charge >= 0.3 is 0 Å². The summed E-state index contributed by atoms with van der Waals surface area (Å²) in [7, 11) is -2.21. The van der Waals surface area contributed by atoms with E-state index in [0.29, 0.717) is 22.7 Å². The number of carbonyl (C=O) groups excluding carboxylic acids is 1. The van der Waals surface area contributed by atoms with E-state index in [-0.39, 0.29) is 22.9 Å². The maximum absolute atomic E-state index is 12.6. The van der Waals surface area contributed by atoms with Gasteiger partial charge in [-0.25, -0.2) is 8.42 Å². The highest BCUT2D eigenvalue weighted by molar-refractivity contribution is 7.92. The van der Waals surface area contributed by atoms with Crippen molar-refractivity contribution in [3.05, 3.63) is 48.0 Å². The van der Waals surface area contributed by atoms with Gasteiger partial charge in [-0.2, -0.15) is 0 Å². The van der Waals surface area contributed by atoms with Gasteiger partial charge in [0, 0.05) is 11.2 Å². The van der Waals surface area contributed by atoms with Crippen LogP contribution in [0.3, 0.4) is 0 Å². The SMILES string of the molecule is COc1ccc(NS(=O)(=O)c2ccc(OCC(=O)NC(C)(C)C)c(C)c2)cc1. The van der Waals surface area contributed by atoms with E-state index < -0.39 is 10.0 Å². The Morgan fingerprint density at radius 1 is 1.07 bits per heavy atom. The number of hydrogen-bond donors (Lipinski definition) is 2. The number of rotatable bonds is 7. The average Bonchev–Trinajstić information content (AvgIpc) is 2.59. The highest BCUT2D eigenvalue weighted by Gasteiger charge is 2.17. The van der Waals surface area contributed by atoms with Crippen molar-refractivity contribution >= 4 is 21.6 Å². The second-order valence-electron chi connectivity index (χ2n) is 7.35. The number of hydrogen-bond acceptors (Lipinski definition) is 5. The number of benzene rings is 2. The molecule has 28 heavy (non-hydrogen) atoms. The summed E-state index contributed by atoms with van der Waals surface area (Å²) >= 11 is 0. The topological polar surface area (TPSA) is 93.7 Å². The van der Waals surface area contributed by atoms with Crippen molar-refractivity contribution in [2.24, 2.45) is 0 Å². The maximum atomic E-state index is 12.6. The Morgan fingerprint density at radius 2 is 1.71 bits per heavy atom. The molecule has 0 saturated carbocycles. The van der Waals surface area contributed by atoms with Crippen LogP contribution < -0.4 is 19.5 Å². The fourth-order valence-corrected chi connectivity index (χ4v) is 3.57. The Bertz CT molecular complexity index is 932. The summed E-state index contributed by atoms with van der Waals surface area (Å²) in [4.78, 5) is 12.0. The molecule has 0 bridgehead atoms. The summed E-state index contributed by atoms with van der Waals surface area (Å²) in [5.41, 5.74) is 0.694. The van der Waals surface area contributed by atoms with Crippen molar-refractivity contribution in [3.63, 3.8) is 0 Å². The molecule has 0 unspecified atom stereocenters. The van der Waals surface area contributed by atoms with E-state index in [0.717, 1.165) is 0 Å². The molecule has 0 atom stereocenters. The Morgan fingerprint density at radius 3 is 2.25 bits per heavy atom. The van der Waals surface area contributed by atoms with Gasteiger partial charge in [-0.05, 0) is 75.7 Å². The minimum atomic E-state index is -3.75. The number of ether oxygens (including phenoxy) is 2. The molecule has 0 aromatic heterocycles. The van der Waals surface area contributed by atoms with Crippen LogP contribution in [0.2, 0.25) is 0 Å². The van der Waals surface area contributed by atoms with Gasteiger partial charge in [0.15, 0.2) is 6.61 Å². The van der Waals surface area contributed by atoms with Gasteiger partial charge in [-0.3, -0.25) is 9.52 Å². The largest absolute Gasteiger partial charge is 0.497 e. The van der Waals surface area contributed by atoms with Gasteiger partial charge < -0.3 is 14.8 Å². The summed E-state index contributed by atoms with van der Waals surface area (Å²) in [6.45, 7) is 7.22. The minimum Gasteiger partial charge on any atom is -0.497 e. The van der Waals surface area contributed by atoms with Crippen LogP contribution in [0.5, 0.6) is 11.5 Å². The summed E-state index contributed by atoms with van der Waals surface area (Å²) in [6.07, 6.45) is 0. The Kier molecular flexibility index (Phi) is 6.56. The Balaban J connectivity index is 2.08. The standard InChI is InChI=1S/C20H26N2O5S/c1-14-12-17(10-11-18(14)27-13-19(23)21-20(2,3)4)28(24,25)22-15-6-8-16(26-5)9-7-15/h6-12,22H,13H2,1-5H3,(H,21,23). The first kappa shape index (κ1) is 21.6. The fraction of sp³-hybridized carbons (Fsp3) is 0.350. The molecule has 0 saturated heterocycles. The number of amides is 1. The van der Waals surface area contributed by atoms with E-state index in [9.17, 15) is 13.2 Å². The van der Waals surface area contributed by atoms with Crippen LogP contribution in [0.4, 0.5) is 5.69 Å². The first-order valence-electron chi connectivity index (χ1n) is 8.71. The molecular formula is C20H26N2O5S. The lowest BCUT2D eigenvalue weighted by Crippen LogP contribution is -2.43. The highest BCUT2D eigenvalue weighted by atomic mass is 32.2. The fourth-order valence-electron chi connectivity index (χ4n) is 2.42. The molecule has 8 heteroatoms. The number of nitrogens with one attached hydrogen (secondary N) is 2. The zero-order valence-electron chi connectivity index (χ0n) is 16.7. The number of carbonyl (C=O) groups is 1. The van der Waals surface area contributed by atoms with Crippen LogP contribution in [-0.2, 0) is 14.8 Å². The molecular weight excluding hydrogens is 380 g/mol. The van der Waals surface area contributed by atoms with Crippen LogP contribution in [-0.4, -0.2) is 33.6 Å². The van der Waals surface area contributed by atoms with Crippen molar-refractivity contribution in [2.75, 3.05) is 18.4 Å². The first-order valence-corrected chi connectivity index (χ1v) is 10.2. The predicted molar refractivity (Wildman–Crippen MR) is 108 cm³/mol. The zero-order chi connectivity index (χ0) is 20.9. The van der Waals surface area contributed by atoms with Crippen molar-refractivity contribution in [3.8, 4) is 11.5 Å². The van der Waals surface area contributed by atoms with Gasteiger partial charge in [0.2, 0.25) is 0 Å². The smallest absolute Gasteiger partial charge is 0.261 e. The normalized spacial score (nSPS) is 11.6. The molecule has 152 valence electrons. The van der Waals surface area contributed by atoms with Crippen LogP contribution in [0.25, 0.3) is 0 Å². The molecule has 0 aliphatic heterocycles. The summed E-state index contributed by atoms with van der Waals surface area (Å²) in [5, 5.41) is 2.80. The number of methoxy groups -OCH3 is 1. The molecule has 0 aliphatic carbocycles.